The average molecular weight is 1230 g/mol. The van der Waals surface area contributed by atoms with Gasteiger partial charge >= 0.3 is 0 Å². The Morgan fingerprint density at radius 3 is 1.16 bits per heavy atom. The Hall–Kier alpha value is -2.25. The van der Waals surface area contributed by atoms with E-state index in [0.29, 0.717) is 12.8 Å². The van der Waals surface area contributed by atoms with E-state index in [1.807, 2.05) is 6.08 Å². The maximum absolute atomic E-state index is 13.4. The minimum absolute atomic E-state index is 0.231. The van der Waals surface area contributed by atoms with Crippen LogP contribution >= 0.6 is 0 Å². The van der Waals surface area contributed by atoms with Gasteiger partial charge in [0.25, 0.3) is 0 Å². The number of amides is 1. The third-order valence-corrected chi connectivity index (χ3v) is 16.8. The zero-order valence-electron chi connectivity index (χ0n) is 52.8. The van der Waals surface area contributed by atoms with Gasteiger partial charge in [0.15, 0.2) is 18.9 Å². The van der Waals surface area contributed by atoms with Gasteiger partial charge in [-0.2, -0.15) is 0 Å². The van der Waals surface area contributed by atoms with Gasteiger partial charge < -0.3 is 89.9 Å². The van der Waals surface area contributed by atoms with Gasteiger partial charge in [-0.05, 0) is 70.6 Å². The van der Waals surface area contributed by atoms with Crippen molar-refractivity contribution in [3.63, 3.8) is 0 Å². The molecule has 502 valence electrons. The summed E-state index contributed by atoms with van der Waals surface area (Å²) >= 11 is 0. The third-order valence-electron chi connectivity index (χ3n) is 16.8. The summed E-state index contributed by atoms with van der Waals surface area (Å²) in [6.45, 7) is 1.71. The molecular formula is C67H121NO18. The van der Waals surface area contributed by atoms with Crippen molar-refractivity contribution in [3.8, 4) is 0 Å². The summed E-state index contributed by atoms with van der Waals surface area (Å²) in [6.07, 6.45) is 30.9. The Kier molecular flexibility index (Phi) is 44.8. The molecule has 19 nitrogen and oxygen atoms in total. The maximum atomic E-state index is 13.4. The molecule has 0 aromatic rings. The van der Waals surface area contributed by atoms with E-state index in [0.717, 1.165) is 44.9 Å². The van der Waals surface area contributed by atoms with E-state index in [9.17, 15) is 61.0 Å². The first-order valence-corrected chi connectivity index (χ1v) is 33.9. The smallest absolute Gasteiger partial charge is 0.220 e. The Morgan fingerprint density at radius 1 is 0.407 bits per heavy atom. The molecule has 0 aliphatic carbocycles. The molecule has 0 aromatic carbocycles. The number of ether oxygens (including phenoxy) is 6. The fraction of sp³-hybridized carbons (Fsp3) is 0.866. The number of aliphatic hydroxyl groups excluding tert-OH is 11. The summed E-state index contributed by atoms with van der Waals surface area (Å²) in [5, 5.41) is 120. The predicted octanol–water partition coefficient (Wildman–Crippen LogP) is 8.22. The molecule has 3 rings (SSSR count). The van der Waals surface area contributed by atoms with Gasteiger partial charge in [-0.1, -0.05) is 210 Å². The van der Waals surface area contributed by atoms with E-state index in [1.54, 1.807) is 6.08 Å². The number of carbonyl (C=O) groups excluding carboxylic acids is 1. The molecule has 3 fully saturated rings. The molecule has 17 unspecified atom stereocenters. The number of aliphatic hydroxyl groups is 11. The lowest BCUT2D eigenvalue weighted by atomic mass is 9.96. The lowest BCUT2D eigenvalue weighted by molar-refractivity contribution is -0.379. The van der Waals surface area contributed by atoms with Crippen molar-refractivity contribution in [3.05, 3.63) is 48.6 Å². The van der Waals surface area contributed by atoms with Crippen LogP contribution in [0, 0.1) is 0 Å². The molecule has 86 heavy (non-hydrogen) atoms. The van der Waals surface area contributed by atoms with Gasteiger partial charge in [0, 0.05) is 6.42 Å². The van der Waals surface area contributed by atoms with E-state index in [-0.39, 0.29) is 18.9 Å². The minimum Gasteiger partial charge on any atom is -0.394 e. The summed E-state index contributed by atoms with van der Waals surface area (Å²) in [5.41, 5.74) is 0. The van der Waals surface area contributed by atoms with Crippen LogP contribution in [0.5, 0.6) is 0 Å². The number of allylic oxidation sites excluding steroid dienone is 7. The summed E-state index contributed by atoms with van der Waals surface area (Å²) in [7, 11) is 0. The van der Waals surface area contributed by atoms with Gasteiger partial charge in [0.2, 0.25) is 5.91 Å². The quantitative estimate of drug-likeness (QED) is 0.0202. The second-order valence-electron chi connectivity index (χ2n) is 24.3. The Labute approximate surface area is 516 Å². The van der Waals surface area contributed by atoms with Gasteiger partial charge in [0.1, 0.15) is 73.2 Å². The van der Waals surface area contributed by atoms with Crippen LogP contribution in [0.2, 0.25) is 0 Å². The van der Waals surface area contributed by atoms with Gasteiger partial charge in [-0.3, -0.25) is 4.79 Å². The van der Waals surface area contributed by atoms with Crippen molar-refractivity contribution in [2.45, 2.75) is 343 Å². The monoisotopic (exact) mass is 1230 g/mol. The van der Waals surface area contributed by atoms with E-state index in [1.165, 1.54) is 161 Å². The Balaban J connectivity index is 1.47. The molecule has 0 spiro atoms. The molecule has 3 saturated heterocycles. The van der Waals surface area contributed by atoms with E-state index < -0.39 is 124 Å². The first-order chi connectivity index (χ1) is 41.8. The number of hydrogen-bond acceptors (Lipinski definition) is 18. The van der Waals surface area contributed by atoms with Crippen LogP contribution in [-0.4, -0.2) is 193 Å². The third kappa shape index (κ3) is 31.7. The fourth-order valence-electron chi connectivity index (χ4n) is 11.3. The molecule has 3 heterocycles. The minimum atomic E-state index is -1.98. The molecule has 19 heteroatoms. The van der Waals surface area contributed by atoms with Crippen molar-refractivity contribution >= 4 is 5.91 Å². The first-order valence-electron chi connectivity index (χ1n) is 33.9. The first kappa shape index (κ1) is 78.0. The fourth-order valence-corrected chi connectivity index (χ4v) is 11.3. The molecule has 0 radical (unpaired) electrons. The molecule has 0 saturated carbocycles. The van der Waals surface area contributed by atoms with Crippen LogP contribution in [-0.2, 0) is 33.2 Å². The topological polar surface area (TPSA) is 307 Å². The molecule has 12 N–H and O–H groups in total. The van der Waals surface area contributed by atoms with E-state index in [2.05, 4.69) is 55.6 Å². The highest BCUT2D eigenvalue weighted by molar-refractivity contribution is 5.76. The number of carbonyl (C=O) groups is 1. The highest BCUT2D eigenvalue weighted by Crippen LogP contribution is 2.33. The summed E-state index contributed by atoms with van der Waals surface area (Å²) < 4.78 is 34.3. The Morgan fingerprint density at radius 2 is 0.744 bits per heavy atom. The van der Waals surface area contributed by atoms with Crippen LogP contribution in [0.25, 0.3) is 0 Å². The molecule has 1 amide bonds. The average Bonchev–Trinajstić information content (AvgIpc) is 1.83. The summed E-state index contributed by atoms with van der Waals surface area (Å²) in [4.78, 5) is 13.4. The van der Waals surface area contributed by atoms with Crippen LogP contribution in [0.15, 0.2) is 48.6 Å². The van der Waals surface area contributed by atoms with E-state index in [4.69, 9.17) is 28.4 Å². The number of unbranched alkanes of at least 4 members (excludes halogenated alkanes) is 29. The van der Waals surface area contributed by atoms with Crippen molar-refractivity contribution in [2.24, 2.45) is 0 Å². The van der Waals surface area contributed by atoms with Gasteiger partial charge in [0.05, 0.1) is 38.6 Å². The zero-order chi connectivity index (χ0) is 62.6. The van der Waals surface area contributed by atoms with Crippen LogP contribution in [0.3, 0.4) is 0 Å². The predicted molar refractivity (Wildman–Crippen MR) is 332 cm³/mol. The van der Waals surface area contributed by atoms with Crippen molar-refractivity contribution in [2.75, 3.05) is 26.4 Å². The zero-order valence-corrected chi connectivity index (χ0v) is 52.8. The van der Waals surface area contributed by atoms with Crippen molar-refractivity contribution < 1.29 is 89.4 Å². The standard InChI is InChI=1S/C67H121NO18/c1-3-5-7-9-11-13-15-17-19-21-23-24-25-26-27-29-31-33-35-37-39-41-43-45-55(73)68-50(51(72)44-42-40-38-36-34-32-30-28-22-20-18-16-14-12-10-8-6-4-2)49-81-65-61(79)58(76)63(53(47-70)83-65)86-67-62(80)59(77)64(54(48-71)84-67)85-66-60(78)57(75)56(74)52(46-69)82-66/h21-23,28,34,36,42,44,50-54,56-67,69-72,74-80H,3-20,24-27,29-33,35,37-41,43,45-49H2,1-2H3,(H,68,73)/b23-21-,28-22+,36-34+,44-42+. The van der Waals surface area contributed by atoms with Crippen molar-refractivity contribution in [1.82, 2.24) is 5.32 Å². The Bertz CT molecular complexity index is 1750. The second kappa shape index (κ2) is 49.5. The largest absolute Gasteiger partial charge is 0.394 e. The van der Waals surface area contributed by atoms with Gasteiger partial charge in [-0.25, -0.2) is 0 Å². The van der Waals surface area contributed by atoms with Crippen molar-refractivity contribution in [1.29, 1.82) is 0 Å². The summed E-state index contributed by atoms with van der Waals surface area (Å²) in [5.74, 6) is -0.290. The van der Waals surface area contributed by atoms with Crippen LogP contribution in [0.4, 0.5) is 0 Å². The highest BCUT2D eigenvalue weighted by atomic mass is 16.8. The second-order valence-corrected chi connectivity index (χ2v) is 24.3. The molecule has 17 atom stereocenters. The normalized spacial score (nSPS) is 29.1. The molecule has 3 aliphatic heterocycles. The maximum Gasteiger partial charge on any atom is 0.220 e. The highest BCUT2D eigenvalue weighted by Gasteiger charge is 2.53. The SMILES string of the molecule is CCCCCCCCCC/C=C\CCCCCCCCCCCCCC(=O)NC(COC1OC(CO)C(OC2OC(CO)C(OC3OC(CO)C(O)C(O)C3O)C(O)C2O)C(O)C1O)C(O)/C=C/CC/C=C/CC/C=C/CCCCCCCCCC. The number of rotatable bonds is 51. The van der Waals surface area contributed by atoms with Crippen LogP contribution in [0.1, 0.15) is 239 Å². The lowest BCUT2D eigenvalue weighted by Gasteiger charge is -2.48. The molecule has 0 aromatic heterocycles. The number of nitrogens with one attached hydrogen (secondary N) is 1. The molecule has 3 aliphatic rings. The summed E-state index contributed by atoms with van der Waals surface area (Å²) in [6, 6.07) is -0.997. The lowest BCUT2D eigenvalue weighted by Crippen LogP contribution is -2.66. The van der Waals surface area contributed by atoms with E-state index >= 15 is 0 Å². The number of hydrogen-bond donors (Lipinski definition) is 12. The van der Waals surface area contributed by atoms with Crippen LogP contribution < -0.4 is 5.32 Å². The van der Waals surface area contributed by atoms with Gasteiger partial charge in [-0.15, -0.1) is 0 Å². The molecular weight excluding hydrogens is 1110 g/mol. The molecule has 0 bridgehead atoms.